The topological polar surface area (TPSA) is 83.9 Å². The third kappa shape index (κ3) is 5.00. The van der Waals surface area contributed by atoms with Crippen LogP contribution in [0.4, 0.5) is 0 Å². The van der Waals surface area contributed by atoms with Crippen molar-refractivity contribution in [1.82, 2.24) is 24.6 Å². The molecule has 0 unspecified atom stereocenters. The molecule has 0 saturated carbocycles. The lowest BCUT2D eigenvalue weighted by Crippen LogP contribution is -2.34. The highest BCUT2D eigenvalue weighted by molar-refractivity contribution is 6.31. The minimum atomic E-state index is -0.253. The lowest BCUT2D eigenvalue weighted by Gasteiger charge is -2.22. The van der Waals surface area contributed by atoms with Gasteiger partial charge in [0.2, 0.25) is 5.91 Å². The van der Waals surface area contributed by atoms with Crippen LogP contribution < -0.4 is 5.56 Å². The van der Waals surface area contributed by atoms with Gasteiger partial charge in [-0.1, -0.05) is 30.1 Å². The number of aryl methyl sites for hydroxylation is 1. The largest absolute Gasteiger partial charge is 0.335 e. The zero-order chi connectivity index (χ0) is 24.4. The molecule has 4 aromatic rings. The highest BCUT2D eigenvalue weighted by Crippen LogP contribution is 2.21. The molecule has 1 amide bonds. The summed E-state index contributed by atoms with van der Waals surface area (Å²) in [5.41, 5.74) is 3.71. The normalized spacial score (nSPS) is 11.2. The number of hydrogen-bond acceptors (Lipinski definition) is 4. The monoisotopic (exact) mass is 497 g/mol. The highest BCUT2D eigenvalue weighted by Gasteiger charge is 2.21. The van der Waals surface area contributed by atoms with Gasteiger partial charge in [-0.2, -0.15) is 5.10 Å². The smallest absolute Gasteiger partial charge is 0.258 e. The summed E-state index contributed by atoms with van der Waals surface area (Å²) in [4.78, 5) is 34.9. The molecule has 0 aliphatic carbocycles. The molecule has 1 N–H and O–H groups in total. The molecule has 9 heteroatoms. The summed E-state index contributed by atoms with van der Waals surface area (Å²) in [6.45, 7) is 6.60. The van der Waals surface area contributed by atoms with Crippen LogP contribution in [0.2, 0.25) is 10.0 Å². The minimum absolute atomic E-state index is 0.0578. The third-order valence-corrected chi connectivity index (χ3v) is 6.23. The Bertz CT molecular complexity index is 1410. The molecule has 0 radical (unpaired) electrons. The number of aromatic nitrogens is 4. The van der Waals surface area contributed by atoms with Crippen molar-refractivity contribution in [3.05, 3.63) is 85.6 Å². The summed E-state index contributed by atoms with van der Waals surface area (Å²) >= 11 is 12.1. The quantitative estimate of drug-likeness (QED) is 0.388. The number of aromatic amines is 1. The van der Waals surface area contributed by atoms with E-state index in [2.05, 4.69) is 15.1 Å². The maximum Gasteiger partial charge on any atom is 0.258 e. The fraction of sp³-hybridized carbons (Fsp3) is 0.280. The van der Waals surface area contributed by atoms with Crippen molar-refractivity contribution in [2.24, 2.45) is 0 Å². The Kier molecular flexibility index (Phi) is 7.05. The molecule has 176 valence electrons. The van der Waals surface area contributed by atoms with Gasteiger partial charge in [-0.25, -0.2) is 9.67 Å². The number of carbonyl (C=O) groups excluding carboxylic acids is 1. The van der Waals surface area contributed by atoms with Gasteiger partial charge >= 0.3 is 0 Å². The number of nitrogens with one attached hydrogen (secondary N) is 1. The Balaban J connectivity index is 1.59. The van der Waals surface area contributed by atoms with Gasteiger partial charge in [-0.05, 0) is 62.7 Å². The van der Waals surface area contributed by atoms with Gasteiger partial charge in [-0.3, -0.25) is 9.59 Å². The van der Waals surface area contributed by atoms with E-state index < -0.39 is 0 Å². The van der Waals surface area contributed by atoms with Crippen molar-refractivity contribution < 1.29 is 4.79 Å². The molecule has 0 fully saturated rings. The molecule has 2 heterocycles. The number of benzene rings is 2. The first-order valence-electron chi connectivity index (χ1n) is 11.0. The van der Waals surface area contributed by atoms with E-state index in [1.54, 1.807) is 23.1 Å². The average Bonchev–Trinajstić information content (AvgIpc) is 3.07. The second-order valence-electron chi connectivity index (χ2n) is 8.20. The van der Waals surface area contributed by atoms with Crippen LogP contribution in [0, 0.1) is 13.8 Å². The first kappa shape index (κ1) is 24.0. The fourth-order valence-corrected chi connectivity index (χ4v) is 4.30. The van der Waals surface area contributed by atoms with E-state index in [0.29, 0.717) is 33.3 Å². The maximum atomic E-state index is 13.3. The lowest BCUT2D eigenvalue weighted by molar-refractivity contribution is -0.131. The van der Waals surface area contributed by atoms with E-state index in [9.17, 15) is 9.59 Å². The molecule has 0 aliphatic rings. The van der Waals surface area contributed by atoms with E-state index in [0.717, 1.165) is 29.1 Å². The van der Waals surface area contributed by atoms with Crippen molar-refractivity contribution in [2.45, 2.75) is 40.2 Å². The molecule has 0 atom stereocenters. The second-order valence-corrected chi connectivity index (χ2v) is 9.08. The highest BCUT2D eigenvalue weighted by atomic mass is 35.5. The number of H-pyrrole nitrogens is 1. The first-order chi connectivity index (χ1) is 16.3. The maximum absolute atomic E-state index is 13.3. The van der Waals surface area contributed by atoms with Gasteiger partial charge < -0.3 is 9.88 Å². The molecule has 0 saturated heterocycles. The van der Waals surface area contributed by atoms with Crippen molar-refractivity contribution in [1.29, 1.82) is 0 Å². The lowest BCUT2D eigenvalue weighted by atomic mass is 10.1. The fourth-order valence-electron chi connectivity index (χ4n) is 4.01. The zero-order valence-corrected chi connectivity index (χ0v) is 20.7. The van der Waals surface area contributed by atoms with Crippen molar-refractivity contribution in [2.75, 3.05) is 6.54 Å². The average molecular weight is 498 g/mol. The van der Waals surface area contributed by atoms with Crippen molar-refractivity contribution in [3.63, 3.8) is 0 Å². The SMILES string of the molecule is CCCN(Cc1nc2cc(Cl)ccc2c(=O)[nH]1)C(=O)Cc1c(C)nn(-c2ccc(Cl)cc2)c1C. The summed E-state index contributed by atoms with van der Waals surface area (Å²) in [6, 6.07) is 12.4. The second kappa shape index (κ2) is 9.99. The summed E-state index contributed by atoms with van der Waals surface area (Å²) < 4.78 is 1.82. The predicted molar refractivity (Wildman–Crippen MR) is 135 cm³/mol. The number of hydrogen-bond donors (Lipinski definition) is 1. The predicted octanol–water partition coefficient (Wildman–Crippen LogP) is 5.01. The number of halogens is 2. The van der Waals surface area contributed by atoms with Gasteiger partial charge in [0.15, 0.2) is 0 Å². The molecular weight excluding hydrogens is 473 g/mol. The number of carbonyl (C=O) groups is 1. The van der Waals surface area contributed by atoms with Crippen LogP contribution in [0.25, 0.3) is 16.6 Å². The molecule has 2 aromatic carbocycles. The van der Waals surface area contributed by atoms with Gasteiger partial charge in [-0.15, -0.1) is 0 Å². The number of amides is 1. The Morgan fingerprint density at radius 2 is 1.79 bits per heavy atom. The van der Waals surface area contributed by atoms with Crippen LogP contribution in [0.5, 0.6) is 0 Å². The first-order valence-corrected chi connectivity index (χ1v) is 11.8. The van der Waals surface area contributed by atoms with E-state index in [4.69, 9.17) is 23.2 Å². The molecule has 2 aromatic heterocycles. The van der Waals surface area contributed by atoms with Crippen LogP contribution in [0.15, 0.2) is 47.3 Å². The Morgan fingerprint density at radius 1 is 1.09 bits per heavy atom. The third-order valence-electron chi connectivity index (χ3n) is 5.74. The molecule has 4 rings (SSSR count). The Hall–Kier alpha value is -3.16. The molecule has 7 nitrogen and oxygen atoms in total. The zero-order valence-electron chi connectivity index (χ0n) is 19.2. The summed E-state index contributed by atoms with van der Waals surface area (Å²) in [5, 5.41) is 6.25. The molecule has 0 bridgehead atoms. The van der Waals surface area contributed by atoms with Gasteiger partial charge in [0.1, 0.15) is 5.82 Å². The number of nitrogens with zero attached hydrogens (tertiary/aromatic N) is 4. The Morgan fingerprint density at radius 3 is 2.50 bits per heavy atom. The van der Waals surface area contributed by atoms with Crippen LogP contribution in [0.3, 0.4) is 0 Å². The van der Waals surface area contributed by atoms with Crippen molar-refractivity contribution in [3.8, 4) is 5.69 Å². The molecule has 0 aliphatic heterocycles. The summed E-state index contributed by atoms with van der Waals surface area (Å²) in [7, 11) is 0. The van der Waals surface area contributed by atoms with E-state index in [-0.39, 0.29) is 24.4 Å². The number of rotatable bonds is 7. The van der Waals surface area contributed by atoms with Gasteiger partial charge in [0.05, 0.1) is 35.2 Å². The summed E-state index contributed by atoms with van der Waals surface area (Å²) in [5.74, 6) is 0.365. The molecule has 34 heavy (non-hydrogen) atoms. The standard InChI is InChI=1S/C25H25Cl2N5O2/c1-4-11-31(14-23-28-22-12-18(27)7-10-20(22)25(34)29-23)24(33)13-21-15(2)30-32(16(21)3)19-8-5-17(26)6-9-19/h5-10,12H,4,11,13-14H2,1-3H3,(H,28,29,34). The van der Waals surface area contributed by atoms with Crippen LogP contribution in [0.1, 0.15) is 36.1 Å². The van der Waals surface area contributed by atoms with Crippen molar-refractivity contribution >= 4 is 40.0 Å². The molecular formula is C25H25Cl2N5O2. The van der Waals surface area contributed by atoms with Gasteiger partial charge in [0.25, 0.3) is 5.56 Å². The Labute approximate surface area is 207 Å². The van der Waals surface area contributed by atoms with Gasteiger partial charge in [0, 0.05) is 27.8 Å². The van der Waals surface area contributed by atoms with E-state index >= 15 is 0 Å². The molecule has 0 spiro atoms. The summed E-state index contributed by atoms with van der Waals surface area (Å²) in [6.07, 6.45) is 0.978. The van der Waals surface area contributed by atoms with E-state index in [1.165, 1.54) is 0 Å². The van der Waals surface area contributed by atoms with Crippen LogP contribution in [-0.2, 0) is 17.8 Å². The van der Waals surface area contributed by atoms with E-state index in [1.807, 2.05) is 49.7 Å². The minimum Gasteiger partial charge on any atom is -0.335 e. The van der Waals surface area contributed by atoms with Crippen LogP contribution in [-0.4, -0.2) is 37.1 Å². The van der Waals surface area contributed by atoms with Crippen LogP contribution >= 0.6 is 23.2 Å². The number of fused-ring (bicyclic) bond motifs is 1.